The van der Waals surface area contributed by atoms with E-state index >= 15 is 0 Å². The van der Waals surface area contributed by atoms with Gasteiger partial charge in [-0.2, -0.15) is 0 Å². The summed E-state index contributed by atoms with van der Waals surface area (Å²) in [5.41, 5.74) is 1.37. The van der Waals surface area contributed by atoms with Gasteiger partial charge in [0.15, 0.2) is 0 Å². The molecule has 0 fully saturated rings. The lowest BCUT2D eigenvalue weighted by Crippen LogP contribution is -1.69. The highest BCUT2D eigenvalue weighted by Gasteiger charge is 2.14. The Morgan fingerprint density at radius 1 is 0.857 bits per heavy atom. The summed E-state index contributed by atoms with van der Waals surface area (Å²) in [5, 5.41) is 2.14. The van der Waals surface area contributed by atoms with Crippen LogP contribution in [0.3, 0.4) is 0 Å². The van der Waals surface area contributed by atoms with Gasteiger partial charge in [0.05, 0.1) is 0 Å². The van der Waals surface area contributed by atoms with E-state index in [1.807, 2.05) is 71.0 Å². The van der Waals surface area contributed by atoms with Crippen LogP contribution in [0.15, 0.2) is 53.9 Å². The third kappa shape index (κ3) is 4.55. The van der Waals surface area contributed by atoms with E-state index in [4.69, 9.17) is 0 Å². The Morgan fingerprint density at radius 3 is 2.21 bits per heavy atom. The zero-order valence-electron chi connectivity index (χ0n) is 16.7. The van der Waals surface area contributed by atoms with Crippen molar-refractivity contribution in [1.29, 1.82) is 0 Å². The Hall–Kier alpha value is -1.11. The molecule has 4 heterocycles. The van der Waals surface area contributed by atoms with Crippen LogP contribution in [-0.2, 0) is 0 Å². The average Bonchev–Trinajstić information content (AvgIpc) is 3.50. The molecule has 0 saturated heterocycles. The molecule has 146 valence electrons. The first-order chi connectivity index (χ1) is 13.7. The molecule has 0 bridgehead atoms. The van der Waals surface area contributed by atoms with Crippen molar-refractivity contribution >= 4 is 62.0 Å². The van der Waals surface area contributed by atoms with Crippen LogP contribution in [0.4, 0.5) is 0 Å². The lowest BCUT2D eigenvalue weighted by molar-refractivity contribution is 1.50. The molecule has 0 spiro atoms. The number of allylic oxidation sites excluding steroid dienone is 1. The first-order valence-electron chi connectivity index (χ1n) is 9.25. The van der Waals surface area contributed by atoms with Crippen molar-refractivity contribution in [3.05, 3.63) is 64.4 Å². The molecule has 0 N–H and O–H groups in total. The second-order valence-electron chi connectivity index (χ2n) is 5.78. The second kappa shape index (κ2) is 10.1. The predicted molar refractivity (Wildman–Crippen MR) is 138 cm³/mol. The van der Waals surface area contributed by atoms with Crippen LogP contribution in [0.25, 0.3) is 34.2 Å². The first-order valence-corrected chi connectivity index (χ1v) is 13.8. The summed E-state index contributed by atoms with van der Waals surface area (Å²) in [7, 11) is 0. The monoisotopic (exact) mass is 460 g/mol. The molecule has 28 heavy (non-hydrogen) atoms. The zero-order valence-corrected chi connectivity index (χ0v) is 20.8. The fourth-order valence-corrected chi connectivity index (χ4v) is 7.95. The molecule has 4 aromatic heterocycles. The van der Waals surface area contributed by atoms with Gasteiger partial charge in [0, 0.05) is 39.0 Å². The molecule has 0 nitrogen and oxygen atoms in total. The van der Waals surface area contributed by atoms with E-state index in [1.54, 1.807) is 0 Å². The van der Waals surface area contributed by atoms with Gasteiger partial charge < -0.3 is 0 Å². The second-order valence-corrected chi connectivity index (χ2v) is 10.8. The van der Waals surface area contributed by atoms with Crippen molar-refractivity contribution in [2.45, 2.75) is 27.7 Å². The van der Waals surface area contributed by atoms with Crippen LogP contribution in [0.5, 0.6) is 0 Å². The number of hydrogen-bond donors (Lipinski definition) is 0. The van der Waals surface area contributed by atoms with Gasteiger partial charge in [-0.25, -0.2) is 0 Å². The summed E-state index contributed by atoms with van der Waals surface area (Å²) in [6.45, 7) is 8.34. The van der Waals surface area contributed by atoms with Crippen molar-refractivity contribution in [3.63, 3.8) is 0 Å². The van der Waals surface area contributed by atoms with Crippen molar-refractivity contribution in [2.24, 2.45) is 0 Å². The maximum atomic E-state index is 2.34. The third-order valence-electron chi connectivity index (χ3n) is 4.09. The molecule has 0 aliphatic rings. The van der Waals surface area contributed by atoms with Gasteiger partial charge in [0.2, 0.25) is 0 Å². The van der Waals surface area contributed by atoms with Crippen molar-refractivity contribution in [2.75, 3.05) is 6.26 Å². The van der Waals surface area contributed by atoms with Gasteiger partial charge in [0.25, 0.3) is 0 Å². The van der Waals surface area contributed by atoms with Crippen LogP contribution in [0.2, 0.25) is 0 Å². The highest BCUT2D eigenvalue weighted by Crippen LogP contribution is 2.45. The minimum atomic E-state index is 1.36. The molecule has 0 radical (unpaired) electrons. The summed E-state index contributed by atoms with van der Waals surface area (Å²) in [6.07, 6.45) is 4.34. The van der Waals surface area contributed by atoms with Crippen LogP contribution < -0.4 is 0 Å². The van der Waals surface area contributed by atoms with E-state index in [0.717, 1.165) is 0 Å². The Morgan fingerprint density at radius 2 is 1.57 bits per heavy atom. The van der Waals surface area contributed by atoms with Crippen LogP contribution >= 0.6 is 57.1 Å². The molecular formula is C23H24S5. The SMILES string of the molecule is C/C=C(\SC)c1ccc(-c2sc(-c3ccc(-c4cccs4)s3)cc2C)s1.CC. The average molecular weight is 461 g/mol. The molecule has 0 aliphatic heterocycles. The number of thiophene rings is 4. The van der Waals surface area contributed by atoms with E-state index in [0.29, 0.717) is 0 Å². The maximum Gasteiger partial charge on any atom is 0.0478 e. The summed E-state index contributed by atoms with van der Waals surface area (Å²) < 4.78 is 0. The number of thioether (sulfide) groups is 1. The van der Waals surface area contributed by atoms with E-state index in [2.05, 4.69) is 74.0 Å². The molecule has 0 aliphatic carbocycles. The van der Waals surface area contributed by atoms with Gasteiger partial charge in [-0.05, 0) is 67.4 Å². The van der Waals surface area contributed by atoms with Gasteiger partial charge in [-0.1, -0.05) is 26.0 Å². The standard InChI is InChI=1S/C21H18S5.C2H6/c1-4-14(22-3)16-9-10-19(25-16)21-13(2)12-20(26-21)18-8-7-17(24-18)15-6-5-11-23-15;1-2/h4-12H,1-3H3;1-2H3/b14-4-;. The summed E-state index contributed by atoms with van der Waals surface area (Å²) >= 11 is 9.32. The van der Waals surface area contributed by atoms with Crippen molar-refractivity contribution in [3.8, 4) is 29.3 Å². The Kier molecular flexibility index (Phi) is 7.77. The highest BCUT2D eigenvalue weighted by molar-refractivity contribution is 8.07. The Bertz CT molecular complexity index is 1040. The van der Waals surface area contributed by atoms with E-state index in [1.165, 1.54) is 44.6 Å². The van der Waals surface area contributed by atoms with Gasteiger partial charge in [-0.3, -0.25) is 0 Å². The molecule has 0 atom stereocenters. The normalized spacial score (nSPS) is 11.4. The van der Waals surface area contributed by atoms with Crippen LogP contribution in [0, 0.1) is 6.92 Å². The van der Waals surface area contributed by atoms with E-state index in [9.17, 15) is 0 Å². The Labute approximate surface area is 188 Å². The first kappa shape index (κ1) is 21.6. The highest BCUT2D eigenvalue weighted by atomic mass is 32.2. The molecule has 4 rings (SSSR count). The minimum Gasteiger partial charge on any atom is -0.143 e. The van der Waals surface area contributed by atoms with Crippen LogP contribution in [0.1, 0.15) is 31.2 Å². The number of hydrogen-bond acceptors (Lipinski definition) is 5. The van der Waals surface area contributed by atoms with E-state index in [-0.39, 0.29) is 0 Å². The molecule has 0 amide bonds. The smallest absolute Gasteiger partial charge is 0.0478 e. The topological polar surface area (TPSA) is 0 Å². The summed E-state index contributed by atoms with van der Waals surface area (Å²) in [4.78, 5) is 10.9. The lowest BCUT2D eigenvalue weighted by Gasteiger charge is -1.98. The summed E-state index contributed by atoms with van der Waals surface area (Å²) in [6, 6.07) is 15.7. The predicted octanol–water partition coefficient (Wildman–Crippen LogP) is 9.99. The van der Waals surface area contributed by atoms with Crippen LogP contribution in [-0.4, -0.2) is 6.26 Å². The molecule has 0 aromatic carbocycles. The number of rotatable bonds is 5. The number of aryl methyl sites for hydroxylation is 1. The Balaban J connectivity index is 0.00000109. The molecule has 4 aromatic rings. The van der Waals surface area contributed by atoms with Gasteiger partial charge in [-0.15, -0.1) is 57.1 Å². The molecule has 0 saturated carbocycles. The lowest BCUT2D eigenvalue weighted by atomic mass is 10.2. The molecule has 0 unspecified atom stereocenters. The van der Waals surface area contributed by atoms with Crippen molar-refractivity contribution < 1.29 is 0 Å². The zero-order chi connectivity index (χ0) is 20.1. The fraction of sp³-hybridized carbons (Fsp3) is 0.217. The van der Waals surface area contributed by atoms with E-state index < -0.39 is 0 Å². The quantitative estimate of drug-likeness (QED) is 0.285. The molecular weight excluding hydrogens is 437 g/mol. The van der Waals surface area contributed by atoms with Gasteiger partial charge in [0.1, 0.15) is 0 Å². The third-order valence-corrected chi connectivity index (χ3v) is 9.99. The van der Waals surface area contributed by atoms with Gasteiger partial charge >= 0.3 is 0 Å². The maximum absolute atomic E-state index is 2.34. The minimum absolute atomic E-state index is 1.36. The fourth-order valence-electron chi connectivity index (χ4n) is 2.82. The summed E-state index contributed by atoms with van der Waals surface area (Å²) in [5.74, 6) is 0. The largest absolute Gasteiger partial charge is 0.143 e. The molecule has 5 heteroatoms. The van der Waals surface area contributed by atoms with Crippen molar-refractivity contribution in [1.82, 2.24) is 0 Å².